The summed E-state index contributed by atoms with van der Waals surface area (Å²) in [4.78, 5) is 1.14. The molecule has 0 saturated heterocycles. The Balaban J connectivity index is 1.81. The molecule has 2 nitrogen and oxygen atoms in total. The van der Waals surface area contributed by atoms with Crippen molar-refractivity contribution < 1.29 is 9.13 Å². The number of hydrogen-bond donors (Lipinski definition) is 1. The number of ether oxygens (including phenoxy) is 1. The molecule has 0 atom stereocenters. The Kier molecular flexibility index (Phi) is 4.68. The molecule has 0 unspecified atom stereocenters. The minimum Gasteiger partial charge on any atom is -0.490 e. The molecule has 0 spiro atoms. The first kappa shape index (κ1) is 13.7. The second-order valence-corrected chi connectivity index (χ2v) is 5.31. The third kappa shape index (κ3) is 3.89. The summed E-state index contributed by atoms with van der Waals surface area (Å²) in [5, 5.41) is 0. The highest BCUT2D eigenvalue weighted by atomic mass is 32.2. The van der Waals surface area contributed by atoms with E-state index >= 15 is 0 Å². The normalized spacial score (nSPS) is 10.4. The van der Waals surface area contributed by atoms with Gasteiger partial charge in [-0.2, -0.15) is 0 Å². The third-order valence-electron chi connectivity index (χ3n) is 2.69. The standard InChI is InChI=1S/C15H16FNOS/c1-11-10-12(6-7-14(11)17)19-9-8-18-15-5-3-2-4-13(15)16/h2-7,10H,8-9,17H2,1H3. The second-order valence-electron chi connectivity index (χ2n) is 4.15. The molecular formula is C15H16FNOS. The Bertz CT molecular complexity index is 560. The molecule has 2 N–H and O–H groups in total. The van der Waals surface area contributed by atoms with Crippen LogP contribution in [0.1, 0.15) is 5.56 Å². The zero-order valence-electron chi connectivity index (χ0n) is 10.7. The molecule has 0 radical (unpaired) electrons. The summed E-state index contributed by atoms with van der Waals surface area (Å²) in [6.07, 6.45) is 0. The molecule has 0 fully saturated rings. The van der Waals surface area contributed by atoms with Crippen LogP contribution in [0.2, 0.25) is 0 Å². The van der Waals surface area contributed by atoms with Crippen LogP contribution >= 0.6 is 11.8 Å². The van der Waals surface area contributed by atoms with Crippen LogP contribution in [0.15, 0.2) is 47.4 Å². The highest BCUT2D eigenvalue weighted by Crippen LogP contribution is 2.23. The Morgan fingerprint density at radius 2 is 2.00 bits per heavy atom. The summed E-state index contributed by atoms with van der Waals surface area (Å²) >= 11 is 1.67. The average molecular weight is 277 g/mol. The van der Waals surface area contributed by atoms with Gasteiger partial charge in [-0.15, -0.1) is 11.8 Å². The van der Waals surface area contributed by atoms with Crippen molar-refractivity contribution in [1.29, 1.82) is 0 Å². The first-order valence-electron chi connectivity index (χ1n) is 6.03. The smallest absolute Gasteiger partial charge is 0.165 e. The topological polar surface area (TPSA) is 35.2 Å². The van der Waals surface area contributed by atoms with E-state index in [9.17, 15) is 4.39 Å². The van der Waals surface area contributed by atoms with Gasteiger partial charge < -0.3 is 10.5 Å². The number of benzene rings is 2. The molecule has 0 bridgehead atoms. The van der Waals surface area contributed by atoms with E-state index in [1.54, 1.807) is 30.0 Å². The van der Waals surface area contributed by atoms with Gasteiger partial charge in [0.1, 0.15) is 0 Å². The van der Waals surface area contributed by atoms with E-state index in [-0.39, 0.29) is 5.82 Å². The van der Waals surface area contributed by atoms with Crippen molar-refractivity contribution in [3.63, 3.8) is 0 Å². The lowest BCUT2D eigenvalue weighted by Gasteiger charge is -2.07. The van der Waals surface area contributed by atoms with Gasteiger partial charge in [-0.05, 0) is 42.8 Å². The highest BCUT2D eigenvalue weighted by molar-refractivity contribution is 7.99. The Labute approximate surface area is 116 Å². The van der Waals surface area contributed by atoms with Gasteiger partial charge in [0.25, 0.3) is 0 Å². The maximum Gasteiger partial charge on any atom is 0.165 e. The van der Waals surface area contributed by atoms with E-state index in [1.165, 1.54) is 6.07 Å². The minimum absolute atomic E-state index is 0.302. The van der Waals surface area contributed by atoms with Gasteiger partial charge in [-0.25, -0.2) is 4.39 Å². The van der Waals surface area contributed by atoms with Crippen LogP contribution in [0.25, 0.3) is 0 Å². The summed E-state index contributed by atoms with van der Waals surface area (Å²) in [6, 6.07) is 12.4. The molecule has 2 aromatic rings. The summed E-state index contributed by atoms with van der Waals surface area (Å²) in [6.45, 7) is 2.45. The van der Waals surface area contributed by atoms with Crippen molar-refractivity contribution >= 4 is 17.4 Å². The maximum atomic E-state index is 13.3. The largest absolute Gasteiger partial charge is 0.490 e. The van der Waals surface area contributed by atoms with Gasteiger partial charge in [0, 0.05) is 16.3 Å². The molecule has 0 amide bonds. The fourth-order valence-corrected chi connectivity index (χ4v) is 2.44. The van der Waals surface area contributed by atoms with Gasteiger partial charge in [-0.3, -0.25) is 0 Å². The number of rotatable bonds is 5. The second kappa shape index (κ2) is 6.48. The molecule has 0 aromatic heterocycles. The SMILES string of the molecule is Cc1cc(SCCOc2ccccc2F)ccc1N. The lowest BCUT2D eigenvalue weighted by Crippen LogP contribution is -2.01. The molecular weight excluding hydrogens is 261 g/mol. The van der Waals surface area contributed by atoms with Crippen LogP contribution in [0, 0.1) is 12.7 Å². The van der Waals surface area contributed by atoms with E-state index in [0.29, 0.717) is 12.4 Å². The molecule has 0 saturated carbocycles. The lowest BCUT2D eigenvalue weighted by atomic mass is 10.2. The van der Waals surface area contributed by atoms with Crippen LogP contribution in [-0.4, -0.2) is 12.4 Å². The van der Waals surface area contributed by atoms with Gasteiger partial charge in [-0.1, -0.05) is 12.1 Å². The van der Waals surface area contributed by atoms with Crippen molar-refractivity contribution in [3.8, 4) is 5.75 Å². The maximum absolute atomic E-state index is 13.3. The molecule has 2 rings (SSSR count). The van der Waals surface area contributed by atoms with E-state index in [4.69, 9.17) is 10.5 Å². The molecule has 100 valence electrons. The summed E-state index contributed by atoms with van der Waals surface area (Å²) in [5.74, 6) is 0.741. The Morgan fingerprint density at radius 1 is 1.21 bits per heavy atom. The number of anilines is 1. The minimum atomic E-state index is -0.323. The number of nitrogen functional groups attached to an aromatic ring is 1. The van der Waals surface area contributed by atoms with Crippen LogP contribution in [-0.2, 0) is 0 Å². The monoisotopic (exact) mass is 277 g/mol. The van der Waals surface area contributed by atoms with Gasteiger partial charge in [0.2, 0.25) is 0 Å². The number of para-hydroxylation sites is 1. The summed E-state index contributed by atoms with van der Waals surface area (Å²) < 4.78 is 18.7. The zero-order chi connectivity index (χ0) is 13.7. The van der Waals surface area contributed by atoms with Gasteiger partial charge in [0.15, 0.2) is 11.6 Å². The van der Waals surface area contributed by atoms with Crippen molar-refractivity contribution in [2.24, 2.45) is 0 Å². The van der Waals surface area contributed by atoms with E-state index in [1.807, 2.05) is 25.1 Å². The zero-order valence-corrected chi connectivity index (χ0v) is 11.5. The molecule has 4 heteroatoms. The fraction of sp³-hybridized carbons (Fsp3) is 0.200. The summed E-state index contributed by atoms with van der Waals surface area (Å²) in [5.41, 5.74) is 7.63. The van der Waals surface area contributed by atoms with Crippen LogP contribution in [0.3, 0.4) is 0 Å². The number of halogens is 1. The Hall–Kier alpha value is -1.68. The molecule has 0 aliphatic rings. The van der Waals surface area contributed by atoms with Crippen molar-refractivity contribution in [3.05, 3.63) is 53.8 Å². The number of nitrogens with two attached hydrogens (primary N) is 1. The van der Waals surface area contributed by atoms with Crippen LogP contribution in [0.4, 0.5) is 10.1 Å². The number of aryl methyl sites for hydroxylation is 1. The highest BCUT2D eigenvalue weighted by Gasteiger charge is 2.02. The van der Waals surface area contributed by atoms with Crippen molar-refractivity contribution in [1.82, 2.24) is 0 Å². The third-order valence-corrected chi connectivity index (χ3v) is 3.65. The van der Waals surface area contributed by atoms with Crippen LogP contribution in [0.5, 0.6) is 5.75 Å². The predicted molar refractivity (Wildman–Crippen MR) is 78.2 cm³/mol. The van der Waals surface area contributed by atoms with Crippen molar-refractivity contribution in [2.75, 3.05) is 18.1 Å². The van der Waals surface area contributed by atoms with Gasteiger partial charge in [0.05, 0.1) is 6.61 Å². The molecule has 0 heterocycles. The predicted octanol–water partition coefficient (Wildman–Crippen LogP) is 3.89. The first-order chi connectivity index (χ1) is 9.16. The summed E-state index contributed by atoms with van der Waals surface area (Å²) in [7, 11) is 0. The average Bonchev–Trinajstić information content (AvgIpc) is 2.40. The molecule has 19 heavy (non-hydrogen) atoms. The first-order valence-corrected chi connectivity index (χ1v) is 7.01. The quantitative estimate of drug-likeness (QED) is 0.511. The number of thioether (sulfide) groups is 1. The Morgan fingerprint density at radius 3 is 2.74 bits per heavy atom. The number of hydrogen-bond acceptors (Lipinski definition) is 3. The van der Waals surface area contributed by atoms with E-state index in [2.05, 4.69) is 0 Å². The molecule has 0 aliphatic heterocycles. The fourth-order valence-electron chi connectivity index (χ4n) is 1.61. The van der Waals surface area contributed by atoms with E-state index < -0.39 is 0 Å². The van der Waals surface area contributed by atoms with Crippen LogP contribution < -0.4 is 10.5 Å². The lowest BCUT2D eigenvalue weighted by molar-refractivity contribution is 0.325. The van der Waals surface area contributed by atoms with Crippen molar-refractivity contribution in [2.45, 2.75) is 11.8 Å². The molecule has 2 aromatic carbocycles. The van der Waals surface area contributed by atoms with E-state index in [0.717, 1.165) is 21.9 Å². The van der Waals surface area contributed by atoms with Gasteiger partial charge >= 0.3 is 0 Å². The molecule has 0 aliphatic carbocycles.